The molecule has 2 N–H and O–H groups in total. The summed E-state index contributed by atoms with van der Waals surface area (Å²) in [7, 11) is 0. The van der Waals surface area contributed by atoms with Crippen LogP contribution in [-0.2, 0) is 16.0 Å². The molecule has 0 radical (unpaired) electrons. The van der Waals surface area contributed by atoms with Crippen molar-refractivity contribution in [3.63, 3.8) is 0 Å². The smallest absolute Gasteiger partial charge is 0.250 e. The molecular weight excluding hydrogens is 396 g/mol. The van der Waals surface area contributed by atoms with Crippen molar-refractivity contribution in [2.75, 3.05) is 11.9 Å². The van der Waals surface area contributed by atoms with Gasteiger partial charge in [0.1, 0.15) is 11.8 Å². The Balaban J connectivity index is 2.82. The Labute approximate surface area is 164 Å². The molecule has 1 unspecified atom stereocenters. The minimum absolute atomic E-state index is 0.0295. The Kier molecular flexibility index (Phi) is 8.85. The molecule has 2 amide bonds. The van der Waals surface area contributed by atoms with E-state index in [0.29, 0.717) is 23.9 Å². The number of halogens is 1. The van der Waals surface area contributed by atoms with Crippen molar-refractivity contribution in [3.05, 3.63) is 42.0 Å². The van der Waals surface area contributed by atoms with E-state index in [0.717, 1.165) is 5.56 Å². The Bertz CT molecular complexity index is 626. The number of aromatic hydroxyl groups is 1. The van der Waals surface area contributed by atoms with Crippen LogP contribution in [0.2, 0.25) is 0 Å². The number of rotatable bonds is 9. The minimum Gasteiger partial charge on any atom is -0.508 e. The lowest BCUT2D eigenvalue weighted by molar-refractivity contribution is -0.141. The summed E-state index contributed by atoms with van der Waals surface area (Å²) in [5.41, 5.74) is 1.45. The van der Waals surface area contributed by atoms with Gasteiger partial charge in [-0.05, 0) is 43.9 Å². The number of alkyl halides is 1. The van der Waals surface area contributed by atoms with Crippen LogP contribution < -0.4 is 5.32 Å². The summed E-state index contributed by atoms with van der Waals surface area (Å²) < 4.78 is 0. The summed E-state index contributed by atoms with van der Waals surface area (Å²) in [6.07, 6.45) is 0.653. The molecule has 0 aliphatic heterocycles. The maximum atomic E-state index is 12.8. The predicted molar refractivity (Wildman–Crippen MR) is 108 cm³/mol. The van der Waals surface area contributed by atoms with E-state index in [1.165, 1.54) is 0 Å². The molecule has 1 aromatic carbocycles. The largest absolute Gasteiger partial charge is 0.508 e. The van der Waals surface area contributed by atoms with Crippen LogP contribution in [0.1, 0.15) is 33.3 Å². The quantitative estimate of drug-likeness (QED) is 0.471. The zero-order valence-electron chi connectivity index (χ0n) is 16.0. The van der Waals surface area contributed by atoms with Crippen LogP contribution in [0.5, 0.6) is 5.75 Å². The zero-order valence-corrected chi connectivity index (χ0v) is 17.5. The summed E-state index contributed by atoms with van der Waals surface area (Å²) in [6.45, 7) is 11.9. The first-order chi connectivity index (χ1) is 12.2. The molecule has 0 fully saturated rings. The van der Waals surface area contributed by atoms with E-state index >= 15 is 0 Å². The van der Waals surface area contributed by atoms with Crippen molar-refractivity contribution in [2.24, 2.45) is 5.92 Å². The number of benzene rings is 1. The molecule has 6 heteroatoms. The summed E-state index contributed by atoms with van der Waals surface area (Å²) in [5, 5.41) is 12.6. The second-order valence-electron chi connectivity index (χ2n) is 6.94. The van der Waals surface area contributed by atoms with E-state index in [1.807, 2.05) is 39.8 Å². The molecule has 0 saturated carbocycles. The van der Waals surface area contributed by atoms with E-state index in [1.54, 1.807) is 17.0 Å². The van der Waals surface area contributed by atoms with E-state index in [-0.39, 0.29) is 29.5 Å². The minimum atomic E-state index is -0.557. The van der Waals surface area contributed by atoms with Crippen molar-refractivity contribution in [3.8, 4) is 5.75 Å². The molecule has 5 nitrogen and oxygen atoms in total. The number of nitrogens with zero attached hydrogens (tertiary/aromatic N) is 1. The number of carbonyl (C=O) groups is 2. The number of phenolic OH excluding ortho intramolecular Hbond substituents is 1. The first kappa shape index (κ1) is 22.2. The van der Waals surface area contributed by atoms with E-state index in [4.69, 9.17) is 0 Å². The number of carbonyl (C=O) groups excluding carboxylic acids is 2. The van der Waals surface area contributed by atoms with Gasteiger partial charge in [0.15, 0.2) is 0 Å². The van der Waals surface area contributed by atoms with Crippen LogP contribution >= 0.6 is 15.9 Å². The number of nitrogens with one attached hydrogen (secondary N) is 1. The van der Waals surface area contributed by atoms with Crippen molar-refractivity contribution in [1.82, 2.24) is 10.2 Å². The van der Waals surface area contributed by atoms with Gasteiger partial charge < -0.3 is 15.3 Å². The second-order valence-corrected chi connectivity index (χ2v) is 7.50. The second kappa shape index (κ2) is 10.4. The van der Waals surface area contributed by atoms with Gasteiger partial charge in [-0.25, -0.2) is 0 Å². The lowest BCUT2D eigenvalue weighted by Gasteiger charge is -2.36. The fourth-order valence-corrected chi connectivity index (χ4v) is 3.01. The van der Waals surface area contributed by atoms with Crippen LogP contribution in [0.4, 0.5) is 0 Å². The molecule has 26 heavy (non-hydrogen) atoms. The Morgan fingerprint density at radius 3 is 2.23 bits per heavy atom. The van der Waals surface area contributed by atoms with E-state index < -0.39 is 6.04 Å². The Morgan fingerprint density at radius 2 is 1.77 bits per heavy atom. The Morgan fingerprint density at radius 1 is 1.19 bits per heavy atom. The molecule has 0 bridgehead atoms. The van der Waals surface area contributed by atoms with Gasteiger partial charge in [-0.15, -0.1) is 0 Å². The van der Waals surface area contributed by atoms with Crippen molar-refractivity contribution < 1.29 is 14.7 Å². The fourth-order valence-electron chi connectivity index (χ4n) is 2.77. The average Bonchev–Trinajstić information content (AvgIpc) is 2.59. The van der Waals surface area contributed by atoms with Crippen LogP contribution in [-0.4, -0.2) is 45.8 Å². The lowest BCUT2D eigenvalue weighted by Crippen LogP contribution is -2.55. The summed E-state index contributed by atoms with van der Waals surface area (Å²) in [4.78, 5) is 27.1. The van der Waals surface area contributed by atoms with Gasteiger partial charge in [0, 0.05) is 23.5 Å². The molecule has 0 aromatic heterocycles. The molecule has 0 saturated heterocycles. The van der Waals surface area contributed by atoms with Crippen LogP contribution in [0.25, 0.3) is 0 Å². The van der Waals surface area contributed by atoms with E-state index in [9.17, 15) is 14.7 Å². The monoisotopic (exact) mass is 424 g/mol. The Hall–Kier alpha value is -1.82. The SMILES string of the molecule is C=C(CBr)C(=O)N(C(C)C)C(C(=O)NCCc1ccc(O)cc1)C(C)C. The topological polar surface area (TPSA) is 69.6 Å². The molecule has 144 valence electrons. The first-order valence-corrected chi connectivity index (χ1v) is 9.93. The average molecular weight is 425 g/mol. The highest BCUT2D eigenvalue weighted by Crippen LogP contribution is 2.18. The fraction of sp³-hybridized carbons (Fsp3) is 0.500. The molecule has 0 aliphatic carbocycles. The van der Waals surface area contributed by atoms with Gasteiger partial charge in [0.25, 0.3) is 5.91 Å². The molecule has 0 heterocycles. The molecule has 0 spiro atoms. The van der Waals surface area contributed by atoms with Gasteiger partial charge >= 0.3 is 0 Å². The van der Waals surface area contributed by atoms with Crippen LogP contribution in [0.3, 0.4) is 0 Å². The predicted octanol–water partition coefficient (Wildman–Crippen LogP) is 3.26. The summed E-state index contributed by atoms with van der Waals surface area (Å²) in [5.74, 6) is -0.179. The van der Waals surface area contributed by atoms with E-state index in [2.05, 4.69) is 27.8 Å². The van der Waals surface area contributed by atoms with Gasteiger partial charge in [-0.1, -0.05) is 48.5 Å². The first-order valence-electron chi connectivity index (χ1n) is 8.81. The van der Waals surface area contributed by atoms with Crippen LogP contribution in [0.15, 0.2) is 36.4 Å². The highest BCUT2D eigenvalue weighted by atomic mass is 79.9. The van der Waals surface area contributed by atoms with Gasteiger partial charge in [-0.3, -0.25) is 9.59 Å². The number of amides is 2. The van der Waals surface area contributed by atoms with Gasteiger partial charge in [-0.2, -0.15) is 0 Å². The van der Waals surface area contributed by atoms with Crippen LogP contribution in [0, 0.1) is 5.92 Å². The lowest BCUT2D eigenvalue weighted by atomic mass is 9.98. The zero-order chi connectivity index (χ0) is 19.9. The molecule has 0 aliphatic rings. The maximum absolute atomic E-state index is 12.8. The maximum Gasteiger partial charge on any atom is 0.250 e. The third-order valence-corrected chi connectivity index (χ3v) is 4.78. The number of hydrogen-bond acceptors (Lipinski definition) is 3. The molecule has 1 aromatic rings. The van der Waals surface area contributed by atoms with Crippen molar-refractivity contribution in [1.29, 1.82) is 0 Å². The van der Waals surface area contributed by atoms with Crippen molar-refractivity contribution >= 4 is 27.7 Å². The third-order valence-electron chi connectivity index (χ3n) is 4.10. The molecular formula is C20H29BrN2O3. The number of hydrogen-bond donors (Lipinski definition) is 2. The highest BCUT2D eigenvalue weighted by molar-refractivity contribution is 9.09. The standard InChI is InChI=1S/C20H29BrN2O3/c1-13(2)18(23(14(3)4)20(26)15(5)12-21)19(25)22-11-10-16-6-8-17(24)9-7-16/h6-9,13-14,18,24H,5,10-12H2,1-4H3,(H,22,25). The molecule has 1 atom stereocenters. The van der Waals surface area contributed by atoms with Crippen molar-refractivity contribution in [2.45, 2.75) is 46.2 Å². The summed E-state index contributed by atoms with van der Waals surface area (Å²) in [6, 6.07) is 6.22. The normalized spacial score (nSPS) is 12.1. The van der Waals surface area contributed by atoms with Gasteiger partial charge in [0.05, 0.1) is 0 Å². The third kappa shape index (κ3) is 6.16. The molecule has 1 rings (SSSR count). The number of phenols is 1. The summed E-state index contributed by atoms with van der Waals surface area (Å²) >= 11 is 3.26. The highest BCUT2D eigenvalue weighted by Gasteiger charge is 2.34. The van der Waals surface area contributed by atoms with Gasteiger partial charge in [0.2, 0.25) is 5.91 Å².